The number of carbonyl (C=O) groups is 1. The maximum atomic E-state index is 11.8. The Morgan fingerprint density at radius 1 is 1.22 bits per heavy atom. The summed E-state index contributed by atoms with van der Waals surface area (Å²) in [6, 6.07) is 12.3. The number of cyclic esters (lactones) is 1. The number of aliphatic hydroxyl groups excluding tert-OH is 1. The molecule has 2 aromatic rings. The van der Waals surface area contributed by atoms with Gasteiger partial charge in [-0.3, -0.25) is 4.79 Å². The molecule has 4 rings (SSSR count). The van der Waals surface area contributed by atoms with Crippen LogP contribution in [0.1, 0.15) is 75.1 Å². The molecule has 2 heterocycles. The molecule has 2 aliphatic rings. The van der Waals surface area contributed by atoms with Crippen molar-refractivity contribution in [2.75, 3.05) is 0 Å². The van der Waals surface area contributed by atoms with Crippen LogP contribution in [-0.4, -0.2) is 28.9 Å². The highest BCUT2D eigenvalue weighted by Crippen LogP contribution is 2.46. The van der Waals surface area contributed by atoms with Crippen molar-refractivity contribution in [2.24, 2.45) is 0 Å². The van der Waals surface area contributed by atoms with Crippen molar-refractivity contribution in [3.63, 3.8) is 0 Å². The molecule has 2 atom stereocenters. The van der Waals surface area contributed by atoms with Crippen LogP contribution in [0.5, 0.6) is 11.5 Å². The zero-order chi connectivity index (χ0) is 22.9. The average molecular weight is 439 g/mol. The van der Waals surface area contributed by atoms with E-state index >= 15 is 0 Å². The molecule has 0 spiro atoms. The van der Waals surface area contributed by atoms with Gasteiger partial charge in [0.05, 0.1) is 12.5 Å². The van der Waals surface area contributed by atoms with Gasteiger partial charge in [-0.15, -0.1) is 0 Å². The fraction of sp³-hybridized carbons (Fsp3) is 0.519. The number of benzene rings is 2. The number of esters is 1. The normalized spacial score (nSPS) is 21.8. The minimum atomic E-state index is -0.618. The number of ether oxygens (including phenoxy) is 3. The van der Waals surface area contributed by atoms with Gasteiger partial charge in [-0.1, -0.05) is 44.2 Å². The molecule has 0 saturated carbocycles. The van der Waals surface area contributed by atoms with E-state index in [0.29, 0.717) is 25.9 Å². The maximum Gasteiger partial charge on any atom is 0.308 e. The molecule has 1 fully saturated rings. The topological polar surface area (TPSA) is 65.0 Å². The monoisotopic (exact) mass is 438 g/mol. The van der Waals surface area contributed by atoms with Crippen molar-refractivity contribution in [3.8, 4) is 11.5 Å². The quantitative estimate of drug-likeness (QED) is 0.609. The second kappa shape index (κ2) is 9.14. The van der Waals surface area contributed by atoms with Crippen LogP contribution in [0.15, 0.2) is 36.4 Å². The van der Waals surface area contributed by atoms with E-state index in [1.54, 1.807) is 0 Å². The molecule has 5 nitrogen and oxygen atoms in total. The van der Waals surface area contributed by atoms with Gasteiger partial charge in [0.25, 0.3) is 0 Å². The largest absolute Gasteiger partial charge is 0.489 e. The average Bonchev–Trinajstić information content (AvgIpc) is 3.03. The third-order valence-electron chi connectivity index (χ3n) is 6.22. The first kappa shape index (κ1) is 22.7. The molecule has 1 N–H and O–H groups in total. The highest BCUT2D eigenvalue weighted by molar-refractivity contribution is 5.71. The van der Waals surface area contributed by atoms with E-state index in [0.717, 1.165) is 40.2 Å². The van der Waals surface area contributed by atoms with Crippen LogP contribution in [-0.2, 0) is 29.0 Å². The van der Waals surface area contributed by atoms with Crippen molar-refractivity contribution in [2.45, 2.75) is 90.1 Å². The van der Waals surface area contributed by atoms with Crippen LogP contribution >= 0.6 is 0 Å². The molecule has 2 aromatic carbocycles. The van der Waals surface area contributed by atoms with Crippen molar-refractivity contribution in [3.05, 3.63) is 58.7 Å². The highest BCUT2D eigenvalue weighted by Gasteiger charge is 2.35. The number of hydrogen-bond acceptors (Lipinski definition) is 5. The molecule has 32 heavy (non-hydrogen) atoms. The molecule has 0 bridgehead atoms. The lowest BCUT2D eigenvalue weighted by Gasteiger charge is -2.27. The summed E-state index contributed by atoms with van der Waals surface area (Å²) in [5.74, 6) is 1.78. The minimum Gasteiger partial charge on any atom is -0.489 e. The van der Waals surface area contributed by atoms with E-state index in [1.165, 1.54) is 0 Å². The zero-order valence-electron chi connectivity index (χ0n) is 19.5. The second-order valence-corrected chi connectivity index (χ2v) is 9.97. The Hall–Kier alpha value is -2.53. The van der Waals surface area contributed by atoms with Crippen molar-refractivity contribution in [1.29, 1.82) is 0 Å². The third-order valence-corrected chi connectivity index (χ3v) is 6.22. The molecule has 0 amide bonds. The number of fused-ring (bicyclic) bond motifs is 1. The van der Waals surface area contributed by atoms with Crippen LogP contribution in [0.3, 0.4) is 0 Å². The predicted molar refractivity (Wildman–Crippen MR) is 123 cm³/mol. The van der Waals surface area contributed by atoms with Gasteiger partial charge in [0.15, 0.2) is 0 Å². The number of hydrogen-bond donors (Lipinski definition) is 1. The van der Waals surface area contributed by atoms with E-state index in [4.69, 9.17) is 14.2 Å². The Labute approximate surface area is 190 Å². The lowest BCUT2D eigenvalue weighted by molar-refractivity contribution is -0.160. The smallest absolute Gasteiger partial charge is 0.308 e. The molecule has 1 saturated heterocycles. The van der Waals surface area contributed by atoms with E-state index in [2.05, 4.69) is 45.9 Å². The molecular weight excluding hydrogens is 404 g/mol. The summed E-state index contributed by atoms with van der Waals surface area (Å²) >= 11 is 0. The van der Waals surface area contributed by atoms with Crippen LogP contribution in [0.4, 0.5) is 0 Å². The summed E-state index contributed by atoms with van der Waals surface area (Å²) in [5.41, 5.74) is 4.32. The second-order valence-electron chi connectivity index (χ2n) is 9.97. The summed E-state index contributed by atoms with van der Waals surface area (Å²) in [4.78, 5) is 11.8. The van der Waals surface area contributed by atoms with Crippen LogP contribution < -0.4 is 9.47 Å². The lowest BCUT2D eigenvalue weighted by Crippen LogP contribution is -2.32. The van der Waals surface area contributed by atoms with Gasteiger partial charge in [0.1, 0.15) is 29.8 Å². The van der Waals surface area contributed by atoms with E-state index in [1.807, 2.05) is 18.2 Å². The molecule has 0 unspecified atom stereocenters. The maximum absolute atomic E-state index is 11.8. The van der Waals surface area contributed by atoms with Gasteiger partial charge < -0.3 is 19.3 Å². The van der Waals surface area contributed by atoms with Crippen molar-refractivity contribution >= 4 is 5.97 Å². The van der Waals surface area contributed by atoms with Gasteiger partial charge in [-0.05, 0) is 44.2 Å². The van der Waals surface area contributed by atoms with Crippen molar-refractivity contribution < 1.29 is 24.1 Å². The summed E-state index contributed by atoms with van der Waals surface area (Å²) < 4.78 is 18.3. The van der Waals surface area contributed by atoms with Crippen LogP contribution in [0.25, 0.3) is 0 Å². The first-order valence-corrected chi connectivity index (χ1v) is 11.6. The number of rotatable bonds is 7. The Kier molecular flexibility index (Phi) is 6.47. The summed E-state index contributed by atoms with van der Waals surface area (Å²) in [6.45, 7) is 9.07. The van der Waals surface area contributed by atoms with Crippen LogP contribution in [0.2, 0.25) is 0 Å². The Bertz CT molecular complexity index is 964. The van der Waals surface area contributed by atoms with E-state index < -0.39 is 6.10 Å². The summed E-state index contributed by atoms with van der Waals surface area (Å²) in [5, 5.41) is 9.99. The fourth-order valence-corrected chi connectivity index (χ4v) is 4.88. The van der Waals surface area contributed by atoms with Crippen molar-refractivity contribution in [1.82, 2.24) is 0 Å². The van der Waals surface area contributed by atoms with E-state index in [9.17, 15) is 9.90 Å². The number of carbonyl (C=O) groups excluding carboxylic acids is 1. The Balaban J connectivity index is 1.65. The first-order chi connectivity index (χ1) is 15.2. The summed E-state index contributed by atoms with van der Waals surface area (Å²) in [6.07, 6.45) is 1.87. The lowest BCUT2D eigenvalue weighted by atomic mass is 9.88. The molecule has 0 aromatic heterocycles. The molecule has 0 radical (unpaired) electrons. The summed E-state index contributed by atoms with van der Waals surface area (Å²) in [7, 11) is 0. The standard InChI is InChI=1S/C27H34O5/c1-17(2)25-22(11-10-21-13-20(28)14-24(29)31-21)26-19(15-27(3,4)32-26)12-23(25)30-16-18-8-6-5-7-9-18/h5-9,12,17,20-21,28H,10-11,13-16H2,1-4H3/t20-,21-/m0/s1. The van der Waals surface area contributed by atoms with E-state index in [-0.39, 0.29) is 30.0 Å². The Morgan fingerprint density at radius 2 is 1.97 bits per heavy atom. The first-order valence-electron chi connectivity index (χ1n) is 11.6. The van der Waals surface area contributed by atoms with Gasteiger partial charge in [0, 0.05) is 29.5 Å². The highest BCUT2D eigenvalue weighted by atomic mass is 16.5. The van der Waals surface area contributed by atoms with Gasteiger partial charge in [0.2, 0.25) is 0 Å². The molecule has 172 valence electrons. The van der Waals surface area contributed by atoms with Crippen LogP contribution in [0, 0.1) is 0 Å². The number of aliphatic hydroxyl groups is 1. The predicted octanol–water partition coefficient (Wildman–Crippen LogP) is 5.10. The third kappa shape index (κ3) is 5.09. The molecule has 2 aliphatic heterocycles. The molecule has 5 heteroatoms. The minimum absolute atomic E-state index is 0.0866. The van der Waals surface area contributed by atoms with Gasteiger partial charge >= 0.3 is 5.97 Å². The Morgan fingerprint density at radius 3 is 2.66 bits per heavy atom. The zero-order valence-corrected chi connectivity index (χ0v) is 19.5. The van der Waals surface area contributed by atoms with Gasteiger partial charge in [-0.2, -0.15) is 0 Å². The molecular formula is C27H34O5. The van der Waals surface area contributed by atoms with Gasteiger partial charge in [-0.25, -0.2) is 0 Å². The molecule has 0 aliphatic carbocycles. The fourth-order valence-electron chi connectivity index (χ4n) is 4.88. The SMILES string of the molecule is CC(C)c1c(OCc2ccccc2)cc2c(c1CC[C@H]1C[C@H](O)CC(=O)O1)OC(C)(C)C2.